The molecule has 0 saturated heterocycles. The predicted molar refractivity (Wildman–Crippen MR) is 77.9 cm³/mol. The van der Waals surface area contributed by atoms with Gasteiger partial charge in [-0.3, -0.25) is 4.79 Å². The van der Waals surface area contributed by atoms with Crippen LogP contribution in [0.15, 0.2) is 30.3 Å². The van der Waals surface area contributed by atoms with Gasteiger partial charge in [0.05, 0.1) is 28.6 Å². The summed E-state index contributed by atoms with van der Waals surface area (Å²) >= 11 is 1.67. The second kappa shape index (κ2) is 7.11. The number of para-hydroxylation sites is 1. The molecule has 1 N–H and O–H groups in total. The summed E-state index contributed by atoms with van der Waals surface area (Å²) < 4.78 is 22.3. The van der Waals surface area contributed by atoms with E-state index < -0.39 is 17.2 Å². The molecular formula is C11H15INO4P. The summed E-state index contributed by atoms with van der Waals surface area (Å²) in [5.74, 6) is 0.0323. The van der Waals surface area contributed by atoms with Crippen LogP contribution in [-0.4, -0.2) is 18.6 Å². The van der Waals surface area contributed by atoms with E-state index in [1.807, 2.05) is 6.07 Å². The minimum absolute atomic E-state index is 0.288. The Morgan fingerprint density at radius 2 is 2.06 bits per heavy atom. The molecule has 18 heavy (non-hydrogen) atoms. The van der Waals surface area contributed by atoms with Crippen molar-refractivity contribution >= 4 is 33.2 Å². The number of esters is 1. The molecule has 0 aliphatic heterocycles. The summed E-state index contributed by atoms with van der Waals surface area (Å²) in [5, 5.41) is -0.494. The van der Waals surface area contributed by atoms with Gasteiger partial charge >= 0.3 is 11.1 Å². The molecule has 0 spiro atoms. The van der Waals surface area contributed by atoms with E-state index >= 15 is 0 Å². The van der Waals surface area contributed by atoms with E-state index in [-0.39, 0.29) is 6.61 Å². The van der Waals surface area contributed by atoms with Gasteiger partial charge in [0, 0.05) is 0 Å². The molecule has 0 amide bonds. The normalized spacial score (nSPS) is 15.5. The van der Waals surface area contributed by atoms with E-state index in [0.717, 1.165) is 0 Å². The van der Waals surface area contributed by atoms with Crippen LogP contribution < -0.4 is 9.61 Å². The van der Waals surface area contributed by atoms with Gasteiger partial charge in [0.2, 0.25) is 0 Å². The molecule has 0 fully saturated rings. The van der Waals surface area contributed by atoms with E-state index in [4.69, 9.17) is 9.26 Å². The van der Waals surface area contributed by atoms with Crippen molar-refractivity contribution in [2.24, 2.45) is 0 Å². The Kier molecular flexibility index (Phi) is 6.11. The average molecular weight is 383 g/mol. The Balaban J connectivity index is 2.59. The summed E-state index contributed by atoms with van der Waals surface area (Å²) in [4.78, 5) is 11.4. The molecule has 0 aliphatic carbocycles. The number of hydrogen-bond acceptors (Lipinski definition) is 4. The molecule has 5 nitrogen and oxygen atoms in total. The molecule has 1 rings (SSSR count). The molecule has 0 saturated carbocycles. The molecule has 0 aliphatic rings. The highest BCUT2D eigenvalue weighted by Crippen LogP contribution is 2.51. The Bertz CT molecular complexity index is 440. The smallest absolute Gasteiger partial charge is 0.374 e. The van der Waals surface area contributed by atoms with Crippen molar-refractivity contribution in [3.05, 3.63) is 30.3 Å². The van der Waals surface area contributed by atoms with E-state index in [9.17, 15) is 9.36 Å². The topological polar surface area (TPSA) is 64.6 Å². The Morgan fingerprint density at radius 3 is 2.61 bits per heavy atom. The first kappa shape index (κ1) is 15.5. The molecule has 1 unspecified atom stereocenters. The van der Waals surface area contributed by atoms with Crippen LogP contribution in [0.2, 0.25) is 0 Å². The summed E-state index contributed by atoms with van der Waals surface area (Å²) in [6, 6.07) is 8.10. The van der Waals surface area contributed by atoms with Crippen LogP contribution in [0, 0.1) is 0 Å². The van der Waals surface area contributed by atoms with Gasteiger partial charge in [0.15, 0.2) is 0 Å². The fourth-order valence-corrected chi connectivity index (χ4v) is 4.14. The fraction of sp³-hybridized carbons (Fsp3) is 0.364. The SMILES string of the molecule is CCOC(=O)[C@H](C)NP(=O)(I)Oc1ccccc1. The number of halogens is 1. The second-order valence-corrected chi connectivity index (χ2v) is 8.70. The lowest BCUT2D eigenvalue weighted by molar-refractivity contribution is -0.144. The standard InChI is InChI=1S/C11H15INO4P/c1-3-16-11(14)9(2)13-18(12,15)17-10-7-5-4-6-8-10/h4-9H,3H2,1-2H3,(H,13,15)/t9-,18?/m0/s1. The number of carbonyl (C=O) groups excluding carboxylic acids is 1. The fourth-order valence-electron chi connectivity index (χ4n) is 1.19. The number of hydrogen-bond donors (Lipinski definition) is 1. The van der Waals surface area contributed by atoms with Gasteiger partial charge < -0.3 is 9.26 Å². The van der Waals surface area contributed by atoms with Crippen molar-refractivity contribution in [2.75, 3.05) is 6.61 Å². The van der Waals surface area contributed by atoms with Crippen molar-refractivity contribution in [1.82, 2.24) is 5.09 Å². The maximum atomic E-state index is 12.1. The maximum Gasteiger partial charge on any atom is 0.374 e. The zero-order chi connectivity index (χ0) is 13.6. The summed E-state index contributed by atoms with van der Waals surface area (Å²) in [5.41, 5.74) is 0. The highest BCUT2D eigenvalue weighted by molar-refractivity contribution is 14.2. The molecule has 2 atom stereocenters. The van der Waals surface area contributed by atoms with Gasteiger partial charge in [-0.05, 0) is 26.0 Å². The van der Waals surface area contributed by atoms with Crippen molar-refractivity contribution < 1.29 is 18.6 Å². The van der Waals surface area contributed by atoms with Gasteiger partial charge in [-0.15, -0.1) is 0 Å². The monoisotopic (exact) mass is 383 g/mol. The Morgan fingerprint density at radius 1 is 1.44 bits per heavy atom. The molecular weight excluding hydrogens is 368 g/mol. The first-order valence-corrected chi connectivity index (χ1v) is 9.84. The van der Waals surface area contributed by atoms with Crippen LogP contribution in [0.1, 0.15) is 13.8 Å². The van der Waals surface area contributed by atoms with Crippen molar-refractivity contribution in [3.8, 4) is 5.75 Å². The van der Waals surface area contributed by atoms with Gasteiger partial charge in [0.25, 0.3) is 0 Å². The van der Waals surface area contributed by atoms with E-state index in [1.165, 1.54) is 0 Å². The number of ether oxygens (including phenoxy) is 1. The zero-order valence-electron chi connectivity index (χ0n) is 10.1. The predicted octanol–water partition coefficient (Wildman–Crippen LogP) is 3.15. The summed E-state index contributed by atoms with van der Waals surface area (Å²) in [6.45, 7) is 3.59. The van der Waals surface area contributed by atoms with Crippen molar-refractivity contribution in [2.45, 2.75) is 19.9 Å². The van der Waals surface area contributed by atoms with Crippen LogP contribution >= 0.6 is 27.2 Å². The quantitative estimate of drug-likeness (QED) is 0.465. The third-order valence-corrected chi connectivity index (χ3v) is 4.52. The Labute approximate surface area is 119 Å². The van der Waals surface area contributed by atoms with Gasteiger partial charge in [-0.1, -0.05) is 18.2 Å². The number of rotatable bonds is 6. The minimum Gasteiger partial charge on any atom is -0.465 e. The second-order valence-electron chi connectivity index (χ2n) is 3.49. The lowest BCUT2D eigenvalue weighted by Crippen LogP contribution is -2.33. The van der Waals surface area contributed by atoms with E-state index in [2.05, 4.69) is 5.09 Å². The molecule has 1 aromatic rings. The molecule has 100 valence electrons. The van der Waals surface area contributed by atoms with Gasteiger partial charge in [-0.25, -0.2) is 9.65 Å². The maximum absolute atomic E-state index is 12.1. The molecule has 0 aromatic heterocycles. The average Bonchev–Trinajstić information content (AvgIpc) is 2.29. The van der Waals surface area contributed by atoms with Crippen molar-refractivity contribution in [1.29, 1.82) is 0 Å². The van der Waals surface area contributed by atoms with Crippen LogP contribution in [0.5, 0.6) is 5.75 Å². The highest BCUT2D eigenvalue weighted by Gasteiger charge is 2.26. The van der Waals surface area contributed by atoms with Gasteiger partial charge in [0.1, 0.15) is 11.8 Å². The Hall–Kier alpha value is -0.590. The molecule has 0 heterocycles. The summed E-state index contributed by atoms with van der Waals surface area (Å²) in [6.07, 6.45) is 0. The summed E-state index contributed by atoms with van der Waals surface area (Å²) in [7, 11) is 0. The van der Waals surface area contributed by atoms with Crippen LogP contribution in [0.25, 0.3) is 0 Å². The first-order chi connectivity index (χ1) is 8.44. The van der Waals surface area contributed by atoms with Crippen LogP contribution in [-0.2, 0) is 14.1 Å². The highest BCUT2D eigenvalue weighted by atomic mass is 127. The van der Waals surface area contributed by atoms with Crippen LogP contribution in [0.3, 0.4) is 0 Å². The lowest BCUT2D eigenvalue weighted by Gasteiger charge is -2.18. The van der Waals surface area contributed by atoms with Gasteiger partial charge in [-0.2, -0.15) is 0 Å². The number of nitrogens with one attached hydrogen (secondary N) is 1. The largest absolute Gasteiger partial charge is 0.465 e. The number of benzene rings is 1. The first-order valence-electron chi connectivity index (χ1n) is 5.43. The lowest BCUT2D eigenvalue weighted by atomic mass is 10.3. The minimum atomic E-state index is -3.13. The molecule has 7 heteroatoms. The van der Waals surface area contributed by atoms with E-state index in [1.54, 1.807) is 60.2 Å². The van der Waals surface area contributed by atoms with Crippen molar-refractivity contribution in [3.63, 3.8) is 0 Å². The third-order valence-electron chi connectivity index (χ3n) is 1.95. The zero-order valence-corrected chi connectivity index (χ0v) is 13.2. The van der Waals surface area contributed by atoms with E-state index in [0.29, 0.717) is 5.75 Å². The van der Waals surface area contributed by atoms with Crippen LogP contribution in [0.4, 0.5) is 0 Å². The molecule has 0 bridgehead atoms. The third kappa shape index (κ3) is 5.37. The molecule has 1 aromatic carbocycles. The number of carbonyl (C=O) groups is 1. The molecule has 0 radical (unpaired) electrons.